The highest BCUT2D eigenvalue weighted by Crippen LogP contribution is 2.18. The van der Waals surface area contributed by atoms with Crippen LogP contribution in [0.1, 0.15) is 24.5 Å². The minimum atomic E-state index is 0.237. The third-order valence-electron chi connectivity index (χ3n) is 2.12. The predicted molar refractivity (Wildman–Crippen MR) is 59.8 cm³/mol. The molecule has 1 atom stereocenters. The summed E-state index contributed by atoms with van der Waals surface area (Å²) in [5.41, 5.74) is 2.39. The number of aryl methyl sites for hydroxylation is 1. The van der Waals surface area contributed by atoms with Gasteiger partial charge in [0.15, 0.2) is 0 Å². The van der Waals surface area contributed by atoms with Gasteiger partial charge in [0.05, 0.1) is 0 Å². The molecule has 1 rings (SSSR count). The summed E-state index contributed by atoms with van der Waals surface area (Å²) in [7, 11) is 0. The van der Waals surface area contributed by atoms with Crippen LogP contribution >= 0.6 is 23.2 Å². The van der Waals surface area contributed by atoms with Gasteiger partial charge in [-0.15, -0.1) is 11.6 Å². The van der Waals surface area contributed by atoms with Crippen molar-refractivity contribution < 1.29 is 0 Å². The van der Waals surface area contributed by atoms with Gasteiger partial charge in [0, 0.05) is 10.4 Å². The molecule has 0 aliphatic heterocycles. The van der Waals surface area contributed by atoms with Crippen molar-refractivity contribution in [3.05, 3.63) is 34.3 Å². The summed E-state index contributed by atoms with van der Waals surface area (Å²) in [5.74, 6) is 0. The van der Waals surface area contributed by atoms with Crippen molar-refractivity contribution in [1.29, 1.82) is 0 Å². The maximum absolute atomic E-state index is 6.06. The second kappa shape index (κ2) is 4.88. The smallest absolute Gasteiger partial charge is 0.0435 e. The lowest BCUT2D eigenvalue weighted by atomic mass is 10.1. The van der Waals surface area contributed by atoms with E-state index in [4.69, 9.17) is 23.2 Å². The zero-order chi connectivity index (χ0) is 9.84. The fraction of sp³-hybridized carbons (Fsp3) is 0.455. The molecule has 1 aromatic carbocycles. The zero-order valence-electron chi connectivity index (χ0n) is 7.98. The molecular formula is C11H14Cl2. The highest BCUT2D eigenvalue weighted by Gasteiger charge is 2.04. The fourth-order valence-corrected chi connectivity index (χ4v) is 1.53. The van der Waals surface area contributed by atoms with E-state index >= 15 is 0 Å². The topological polar surface area (TPSA) is 0 Å². The molecule has 0 radical (unpaired) electrons. The van der Waals surface area contributed by atoms with E-state index in [2.05, 4.69) is 13.0 Å². The van der Waals surface area contributed by atoms with Gasteiger partial charge in [-0.05, 0) is 37.0 Å². The number of rotatable bonds is 3. The van der Waals surface area contributed by atoms with E-state index in [9.17, 15) is 0 Å². The highest BCUT2D eigenvalue weighted by molar-refractivity contribution is 6.31. The van der Waals surface area contributed by atoms with Gasteiger partial charge in [-0.25, -0.2) is 0 Å². The summed E-state index contributed by atoms with van der Waals surface area (Å²) in [4.78, 5) is 0. The largest absolute Gasteiger partial charge is 0.123 e. The van der Waals surface area contributed by atoms with Crippen LogP contribution in [0.25, 0.3) is 0 Å². The van der Waals surface area contributed by atoms with Crippen LogP contribution in [0.4, 0.5) is 0 Å². The normalized spacial score (nSPS) is 12.9. The van der Waals surface area contributed by atoms with E-state index in [0.29, 0.717) is 0 Å². The SMILES string of the molecule is CCC(Cl)Cc1ccc(Cl)c(C)c1. The van der Waals surface area contributed by atoms with Crippen molar-refractivity contribution in [2.75, 3.05) is 0 Å². The van der Waals surface area contributed by atoms with Crippen LogP contribution < -0.4 is 0 Å². The molecule has 0 fully saturated rings. The summed E-state index contributed by atoms with van der Waals surface area (Å²) < 4.78 is 0. The van der Waals surface area contributed by atoms with Crippen molar-refractivity contribution in [2.24, 2.45) is 0 Å². The van der Waals surface area contributed by atoms with Crippen LogP contribution in [-0.4, -0.2) is 5.38 Å². The van der Waals surface area contributed by atoms with E-state index in [-0.39, 0.29) is 5.38 Å². The number of alkyl halides is 1. The third kappa shape index (κ3) is 3.21. The molecule has 0 saturated carbocycles. The average molecular weight is 217 g/mol. The quantitative estimate of drug-likeness (QED) is 0.665. The Bertz CT molecular complexity index is 281. The molecule has 0 aliphatic carbocycles. The second-order valence-corrected chi connectivity index (χ2v) is 4.32. The van der Waals surface area contributed by atoms with E-state index < -0.39 is 0 Å². The molecule has 0 N–H and O–H groups in total. The summed E-state index contributed by atoms with van der Waals surface area (Å²) in [6.07, 6.45) is 1.93. The van der Waals surface area contributed by atoms with Gasteiger partial charge < -0.3 is 0 Å². The lowest BCUT2D eigenvalue weighted by Crippen LogP contribution is -2.01. The Morgan fingerprint density at radius 2 is 2.08 bits per heavy atom. The van der Waals surface area contributed by atoms with Crippen LogP contribution in [0, 0.1) is 6.92 Å². The minimum Gasteiger partial charge on any atom is -0.123 e. The van der Waals surface area contributed by atoms with Gasteiger partial charge in [0.25, 0.3) is 0 Å². The van der Waals surface area contributed by atoms with Crippen LogP contribution in [-0.2, 0) is 6.42 Å². The molecule has 0 saturated heterocycles. The summed E-state index contributed by atoms with van der Waals surface area (Å²) in [6, 6.07) is 6.08. The maximum Gasteiger partial charge on any atom is 0.0435 e. The second-order valence-electron chi connectivity index (χ2n) is 3.29. The monoisotopic (exact) mass is 216 g/mol. The summed E-state index contributed by atoms with van der Waals surface area (Å²) >= 11 is 12.0. The van der Waals surface area contributed by atoms with E-state index in [0.717, 1.165) is 23.4 Å². The Balaban J connectivity index is 2.73. The van der Waals surface area contributed by atoms with Gasteiger partial charge >= 0.3 is 0 Å². The molecule has 1 unspecified atom stereocenters. The molecular weight excluding hydrogens is 203 g/mol. The maximum atomic E-state index is 6.06. The van der Waals surface area contributed by atoms with Crippen molar-refractivity contribution in [3.8, 4) is 0 Å². The van der Waals surface area contributed by atoms with E-state index in [1.54, 1.807) is 0 Å². The van der Waals surface area contributed by atoms with Gasteiger partial charge in [-0.3, -0.25) is 0 Å². The Hall–Kier alpha value is -0.200. The van der Waals surface area contributed by atoms with Crippen LogP contribution in [0.3, 0.4) is 0 Å². The van der Waals surface area contributed by atoms with Gasteiger partial charge in [-0.1, -0.05) is 30.7 Å². The number of benzene rings is 1. The third-order valence-corrected chi connectivity index (χ3v) is 3.01. The molecule has 0 aromatic heterocycles. The van der Waals surface area contributed by atoms with Crippen LogP contribution in [0.5, 0.6) is 0 Å². The molecule has 1 aromatic rings. The standard InChI is InChI=1S/C11H14Cl2/c1-3-10(12)7-9-4-5-11(13)8(2)6-9/h4-6,10H,3,7H2,1-2H3. The predicted octanol–water partition coefficient (Wildman–Crippen LogP) is 4.21. The van der Waals surface area contributed by atoms with Crippen molar-refractivity contribution in [2.45, 2.75) is 32.1 Å². The number of halogens is 2. The van der Waals surface area contributed by atoms with Crippen molar-refractivity contribution >= 4 is 23.2 Å². The Morgan fingerprint density at radius 1 is 1.38 bits per heavy atom. The van der Waals surface area contributed by atoms with Crippen molar-refractivity contribution in [3.63, 3.8) is 0 Å². The van der Waals surface area contributed by atoms with E-state index in [1.807, 2.05) is 19.1 Å². The molecule has 72 valence electrons. The molecule has 0 aliphatic rings. The highest BCUT2D eigenvalue weighted by atomic mass is 35.5. The van der Waals surface area contributed by atoms with Gasteiger partial charge in [0.1, 0.15) is 0 Å². The molecule has 0 heterocycles. The first kappa shape index (κ1) is 10.9. The number of hydrogen-bond acceptors (Lipinski definition) is 0. The molecule has 0 bridgehead atoms. The average Bonchev–Trinajstić information content (AvgIpc) is 2.11. The first-order valence-corrected chi connectivity index (χ1v) is 5.34. The lowest BCUT2D eigenvalue weighted by Gasteiger charge is -2.07. The minimum absolute atomic E-state index is 0.237. The first-order chi connectivity index (χ1) is 6.13. The molecule has 2 heteroatoms. The molecule has 0 amide bonds. The Morgan fingerprint density at radius 3 is 2.62 bits per heavy atom. The van der Waals surface area contributed by atoms with Crippen molar-refractivity contribution in [1.82, 2.24) is 0 Å². The van der Waals surface area contributed by atoms with Crippen LogP contribution in [0.15, 0.2) is 18.2 Å². The molecule has 13 heavy (non-hydrogen) atoms. The van der Waals surface area contributed by atoms with Gasteiger partial charge in [-0.2, -0.15) is 0 Å². The first-order valence-electron chi connectivity index (χ1n) is 4.52. The summed E-state index contributed by atoms with van der Waals surface area (Å²) in [5, 5.41) is 1.06. The zero-order valence-corrected chi connectivity index (χ0v) is 9.49. The van der Waals surface area contributed by atoms with Gasteiger partial charge in [0.2, 0.25) is 0 Å². The van der Waals surface area contributed by atoms with Crippen LogP contribution in [0.2, 0.25) is 5.02 Å². The number of hydrogen-bond donors (Lipinski definition) is 0. The fourth-order valence-electron chi connectivity index (χ4n) is 1.23. The van der Waals surface area contributed by atoms with E-state index in [1.165, 1.54) is 5.56 Å². The molecule has 0 nitrogen and oxygen atoms in total. The Labute approximate surface area is 89.9 Å². The molecule has 0 spiro atoms. The summed E-state index contributed by atoms with van der Waals surface area (Å²) in [6.45, 7) is 4.11. The Kier molecular flexibility index (Phi) is 4.08. The lowest BCUT2D eigenvalue weighted by molar-refractivity contribution is 0.805.